The second-order valence-electron chi connectivity index (χ2n) is 4.91. The quantitative estimate of drug-likeness (QED) is 0.417. The highest BCUT2D eigenvalue weighted by atomic mass is 16.5. The van der Waals surface area contributed by atoms with Crippen LogP contribution in [-0.4, -0.2) is 20.2 Å². The molecule has 0 N–H and O–H groups in total. The Balaban J connectivity index is 2.41. The minimum absolute atomic E-state index is 0.355. The van der Waals surface area contributed by atoms with Crippen molar-refractivity contribution in [2.24, 2.45) is 0 Å². The highest BCUT2D eigenvalue weighted by molar-refractivity contribution is 6.11. The number of hydrogen-bond donors (Lipinski definition) is 0. The van der Waals surface area contributed by atoms with Crippen LogP contribution in [0.3, 0.4) is 0 Å². The summed E-state index contributed by atoms with van der Waals surface area (Å²) in [4.78, 5) is 11.2. The van der Waals surface area contributed by atoms with Crippen LogP contribution in [0, 0.1) is 0 Å². The zero-order valence-electron chi connectivity index (χ0n) is 12.7. The Bertz CT molecular complexity index is 868. The van der Waals surface area contributed by atoms with Crippen molar-refractivity contribution in [3.05, 3.63) is 42.5 Å². The van der Waals surface area contributed by atoms with Gasteiger partial charge in [0, 0.05) is 28.5 Å². The first-order chi connectivity index (χ1) is 10.7. The molecule has 22 heavy (non-hydrogen) atoms. The van der Waals surface area contributed by atoms with E-state index in [1.54, 1.807) is 26.4 Å². The molecule has 0 spiro atoms. The van der Waals surface area contributed by atoms with Gasteiger partial charge in [-0.3, -0.25) is 4.79 Å². The molecule has 3 rings (SSSR count). The summed E-state index contributed by atoms with van der Waals surface area (Å²) in [5.41, 5.74) is 0. The van der Waals surface area contributed by atoms with Gasteiger partial charge in [-0.15, -0.1) is 0 Å². The minimum atomic E-state index is -0.355. The number of hydrogen-bond acceptors (Lipinski definition) is 4. The Morgan fingerprint density at radius 1 is 0.818 bits per heavy atom. The topological polar surface area (TPSA) is 44.8 Å². The molecular weight excluding hydrogens is 280 g/mol. The fourth-order valence-corrected chi connectivity index (χ4v) is 2.75. The van der Waals surface area contributed by atoms with Crippen molar-refractivity contribution in [3.63, 3.8) is 0 Å². The SMILES string of the molecule is COc1c2ccccc2c(OC)c2cc(OC(C)=O)ccc12. The van der Waals surface area contributed by atoms with E-state index in [1.807, 2.05) is 30.3 Å². The molecule has 0 aromatic heterocycles. The van der Waals surface area contributed by atoms with Crippen molar-refractivity contribution in [2.75, 3.05) is 14.2 Å². The summed E-state index contributed by atoms with van der Waals surface area (Å²) >= 11 is 0. The molecule has 0 fully saturated rings. The fraction of sp³-hybridized carbons (Fsp3) is 0.167. The molecule has 0 radical (unpaired) electrons. The van der Waals surface area contributed by atoms with Crippen molar-refractivity contribution in [1.82, 2.24) is 0 Å². The largest absolute Gasteiger partial charge is 0.495 e. The van der Waals surface area contributed by atoms with Gasteiger partial charge in [-0.2, -0.15) is 0 Å². The second-order valence-corrected chi connectivity index (χ2v) is 4.91. The van der Waals surface area contributed by atoms with Gasteiger partial charge in [0.2, 0.25) is 0 Å². The number of esters is 1. The molecule has 0 amide bonds. The van der Waals surface area contributed by atoms with E-state index in [4.69, 9.17) is 14.2 Å². The van der Waals surface area contributed by atoms with Gasteiger partial charge in [0.1, 0.15) is 17.2 Å². The second kappa shape index (κ2) is 5.56. The van der Waals surface area contributed by atoms with E-state index < -0.39 is 0 Å². The first-order valence-electron chi connectivity index (χ1n) is 6.90. The molecule has 0 aliphatic carbocycles. The number of ether oxygens (including phenoxy) is 3. The van der Waals surface area contributed by atoms with Gasteiger partial charge in [0.05, 0.1) is 14.2 Å². The van der Waals surface area contributed by atoms with Crippen LogP contribution >= 0.6 is 0 Å². The highest BCUT2D eigenvalue weighted by Crippen LogP contribution is 2.43. The monoisotopic (exact) mass is 296 g/mol. The van der Waals surface area contributed by atoms with Crippen LogP contribution in [0.25, 0.3) is 21.5 Å². The number of fused-ring (bicyclic) bond motifs is 2. The van der Waals surface area contributed by atoms with Crippen LogP contribution in [0.5, 0.6) is 17.2 Å². The van der Waals surface area contributed by atoms with Crippen LogP contribution in [0.2, 0.25) is 0 Å². The van der Waals surface area contributed by atoms with Crippen molar-refractivity contribution in [3.8, 4) is 17.2 Å². The third-order valence-corrected chi connectivity index (χ3v) is 3.57. The van der Waals surface area contributed by atoms with E-state index in [-0.39, 0.29) is 5.97 Å². The van der Waals surface area contributed by atoms with Crippen molar-refractivity contribution in [2.45, 2.75) is 6.92 Å². The molecule has 0 unspecified atom stereocenters. The summed E-state index contributed by atoms with van der Waals surface area (Å²) in [6, 6.07) is 13.3. The predicted molar refractivity (Wildman–Crippen MR) is 85.9 cm³/mol. The van der Waals surface area contributed by atoms with Gasteiger partial charge >= 0.3 is 5.97 Å². The van der Waals surface area contributed by atoms with E-state index in [0.717, 1.165) is 33.0 Å². The molecule has 3 aromatic carbocycles. The molecule has 0 saturated carbocycles. The van der Waals surface area contributed by atoms with Gasteiger partial charge < -0.3 is 14.2 Å². The van der Waals surface area contributed by atoms with Crippen molar-refractivity contribution in [1.29, 1.82) is 0 Å². The van der Waals surface area contributed by atoms with Gasteiger partial charge in [0.15, 0.2) is 0 Å². The molecule has 0 aliphatic heterocycles. The number of carbonyl (C=O) groups excluding carboxylic acids is 1. The predicted octanol–water partition coefficient (Wildman–Crippen LogP) is 3.94. The van der Waals surface area contributed by atoms with E-state index in [9.17, 15) is 4.79 Å². The standard InChI is InChI=1S/C18H16O4/c1-11(19)22-12-8-9-15-16(10-12)18(21-3)14-7-5-4-6-13(14)17(15)20-2/h4-10H,1-3H3. The van der Waals surface area contributed by atoms with Crippen LogP contribution < -0.4 is 14.2 Å². The molecular formula is C18H16O4. The number of rotatable bonds is 3. The number of benzene rings is 3. The van der Waals surface area contributed by atoms with Crippen LogP contribution in [-0.2, 0) is 4.79 Å². The maximum absolute atomic E-state index is 11.2. The molecule has 0 heterocycles. The Morgan fingerprint density at radius 3 is 1.91 bits per heavy atom. The lowest BCUT2D eigenvalue weighted by molar-refractivity contribution is -0.131. The normalized spacial score (nSPS) is 10.7. The Morgan fingerprint density at radius 2 is 1.36 bits per heavy atom. The Hall–Kier alpha value is -2.75. The lowest BCUT2D eigenvalue weighted by Crippen LogP contribution is -2.01. The maximum Gasteiger partial charge on any atom is 0.308 e. The summed E-state index contributed by atoms with van der Waals surface area (Å²) < 4.78 is 16.4. The maximum atomic E-state index is 11.2. The molecule has 0 saturated heterocycles. The third kappa shape index (κ3) is 2.22. The Labute approximate surface area is 128 Å². The summed E-state index contributed by atoms with van der Waals surface area (Å²) in [6.45, 7) is 1.38. The van der Waals surface area contributed by atoms with Gasteiger partial charge in [-0.05, 0) is 18.2 Å². The van der Waals surface area contributed by atoms with Gasteiger partial charge in [-0.25, -0.2) is 0 Å². The molecule has 4 heteroatoms. The highest BCUT2D eigenvalue weighted by Gasteiger charge is 2.15. The van der Waals surface area contributed by atoms with E-state index in [1.165, 1.54) is 6.92 Å². The van der Waals surface area contributed by atoms with Crippen LogP contribution in [0.1, 0.15) is 6.92 Å². The lowest BCUT2D eigenvalue weighted by atomic mass is 10.0. The molecule has 112 valence electrons. The minimum Gasteiger partial charge on any atom is -0.495 e. The van der Waals surface area contributed by atoms with Gasteiger partial charge in [0.25, 0.3) is 0 Å². The van der Waals surface area contributed by atoms with Crippen molar-refractivity contribution >= 4 is 27.5 Å². The van der Waals surface area contributed by atoms with Crippen molar-refractivity contribution < 1.29 is 19.0 Å². The van der Waals surface area contributed by atoms with Crippen LogP contribution in [0.15, 0.2) is 42.5 Å². The average Bonchev–Trinajstić information content (AvgIpc) is 2.51. The number of methoxy groups -OCH3 is 2. The van der Waals surface area contributed by atoms with E-state index >= 15 is 0 Å². The molecule has 0 atom stereocenters. The molecule has 0 aliphatic rings. The Kier molecular flexibility index (Phi) is 3.59. The average molecular weight is 296 g/mol. The molecule has 3 aromatic rings. The lowest BCUT2D eigenvalue weighted by Gasteiger charge is -2.15. The van der Waals surface area contributed by atoms with E-state index in [0.29, 0.717) is 5.75 Å². The summed E-state index contributed by atoms with van der Waals surface area (Å²) in [6.07, 6.45) is 0. The molecule has 0 bridgehead atoms. The first-order valence-corrected chi connectivity index (χ1v) is 6.90. The zero-order valence-corrected chi connectivity index (χ0v) is 12.7. The number of carbonyl (C=O) groups is 1. The smallest absolute Gasteiger partial charge is 0.308 e. The van der Waals surface area contributed by atoms with Gasteiger partial charge in [-0.1, -0.05) is 24.3 Å². The fourth-order valence-electron chi connectivity index (χ4n) is 2.75. The summed E-state index contributed by atoms with van der Waals surface area (Å²) in [7, 11) is 3.28. The first kappa shape index (κ1) is 14.2. The molecule has 4 nitrogen and oxygen atoms in total. The van der Waals surface area contributed by atoms with Crippen LogP contribution in [0.4, 0.5) is 0 Å². The summed E-state index contributed by atoms with van der Waals surface area (Å²) in [5.74, 6) is 1.64. The van der Waals surface area contributed by atoms with E-state index in [2.05, 4.69) is 0 Å². The third-order valence-electron chi connectivity index (χ3n) is 3.57. The summed E-state index contributed by atoms with van der Waals surface area (Å²) in [5, 5.41) is 3.69. The zero-order chi connectivity index (χ0) is 15.7.